The first-order valence-corrected chi connectivity index (χ1v) is 4.55. The van der Waals surface area contributed by atoms with Crippen LogP contribution in [-0.2, 0) is 7.05 Å². The van der Waals surface area contributed by atoms with Gasteiger partial charge in [-0.05, 0) is 12.2 Å². The van der Waals surface area contributed by atoms with Crippen molar-refractivity contribution in [3.8, 4) is 5.75 Å². The van der Waals surface area contributed by atoms with Gasteiger partial charge in [-0.2, -0.15) is 0 Å². The summed E-state index contributed by atoms with van der Waals surface area (Å²) in [5.41, 5.74) is 0. The van der Waals surface area contributed by atoms with Gasteiger partial charge in [0.15, 0.2) is 11.9 Å². The normalized spacial score (nSPS) is 8.65. The molecular formula is C10H13N2O5-. The lowest BCUT2D eigenvalue weighted by molar-refractivity contribution is -0.671. The zero-order chi connectivity index (χ0) is 13.4. The molecule has 1 rings (SSSR count). The third-order valence-electron chi connectivity index (χ3n) is 1.48. The van der Waals surface area contributed by atoms with Gasteiger partial charge in [-0.25, -0.2) is 9.36 Å². The van der Waals surface area contributed by atoms with Crippen molar-refractivity contribution in [1.82, 2.24) is 4.90 Å². The number of hydrogen-bond donors (Lipinski definition) is 0. The number of nitrogens with zero attached hydrogens (tertiary/aromatic N) is 2. The number of aryl methyl sites for hydroxylation is 1. The molecule has 0 aliphatic heterocycles. The minimum Gasteiger partial charge on any atom is -0.652 e. The fourth-order valence-electron chi connectivity index (χ4n) is 0.813. The molecule has 94 valence electrons. The van der Waals surface area contributed by atoms with Gasteiger partial charge >= 0.3 is 6.09 Å². The van der Waals surface area contributed by atoms with Crippen molar-refractivity contribution in [2.75, 3.05) is 14.1 Å². The summed E-state index contributed by atoms with van der Waals surface area (Å²) < 4.78 is 6.84. The first-order valence-electron chi connectivity index (χ1n) is 4.55. The highest BCUT2D eigenvalue weighted by atomic mass is 16.6. The minimum atomic E-state index is -2.33. The Morgan fingerprint density at radius 1 is 1.35 bits per heavy atom. The van der Waals surface area contributed by atoms with E-state index in [1.807, 2.05) is 23.9 Å². The van der Waals surface area contributed by atoms with Gasteiger partial charge in [0.05, 0.1) is 0 Å². The van der Waals surface area contributed by atoms with Gasteiger partial charge in [-0.15, -0.1) is 0 Å². The zero-order valence-electron chi connectivity index (χ0n) is 9.75. The van der Waals surface area contributed by atoms with Crippen molar-refractivity contribution in [2.24, 2.45) is 7.05 Å². The van der Waals surface area contributed by atoms with Gasteiger partial charge in [0.1, 0.15) is 7.05 Å². The average molecular weight is 241 g/mol. The third kappa shape index (κ3) is 7.60. The number of amides is 1. The predicted octanol–water partition coefficient (Wildman–Crippen LogP) is -1.88. The van der Waals surface area contributed by atoms with Crippen molar-refractivity contribution in [1.29, 1.82) is 0 Å². The minimum absolute atomic E-state index is 0.369. The van der Waals surface area contributed by atoms with E-state index in [0.717, 1.165) is 0 Å². The Morgan fingerprint density at radius 3 is 2.29 bits per heavy atom. The van der Waals surface area contributed by atoms with E-state index in [-0.39, 0.29) is 6.09 Å². The molecule has 7 nitrogen and oxygen atoms in total. The van der Waals surface area contributed by atoms with E-state index in [0.29, 0.717) is 5.75 Å². The molecule has 0 aromatic carbocycles. The van der Waals surface area contributed by atoms with Crippen molar-refractivity contribution in [2.45, 2.75) is 0 Å². The molecule has 0 aliphatic rings. The number of rotatable bonds is 1. The number of ether oxygens (including phenoxy) is 1. The number of carbonyl (C=O) groups excluding carboxylic acids is 2. The van der Waals surface area contributed by atoms with E-state index in [2.05, 4.69) is 0 Å². The third-order valence-corrected chi connectivity index (χ3v) is 1.48. The van der Waals surface area contributed by atoms with Gasteiger partial charge in [0, 0.05) is 20.2 Å². The molecule has 0 bridgehead atoms. The summed E-state index contributed by atoms with van der Waals surface area (Å²) in [6.45, 7) is 0. The van der Waals surface area contributed by atoms with Crippen LogP contribution >= 0.6 is 0 Å². The highest BCUT2D eigenvalue weighted by molar-refractivity contribution is 5.69. The highest BCUT2D eigenvalue weighted by Gasteiger charge is 2.08. The van der Waals surface area contributed by atoms with Crippen molar-refractivity contribution in [3.05, 3.63) is 24.5 Å². The molecule has 0 fully saturated rings. The molecule has 1 aromatic heterocycles. The first-order chi connectivity index (χ1) is 7.82. The fraction of sp³-hybridized carbons (Fsp3) is 0.300. The second-order valence-corrected chi connectivity index (χ2v) is 3.22. The van der Waals surface area contributed by atoms with Gasteiger partial charge in [-0.3, -0.25) is 0 Å². The molecule has 0 aliphatic carbocycles. The van der Waals surface area contributed by atoms with Crippen LogP contribution < -0.4 is 19.5 Å². The molecule has 17 heavy (non-hydrogen) atoms. The van der Waals surface area contributed by atoms with Gasteiger partial charge in [0.25, 0.3) is 0 Å². The highest BCUT2D eigenvalue weighted by Crippen LogP contribution is 2.05. The van der Waals surface area contributed by atoms with E-state index in [1.54, 1.807) is 26.4 Å². The lowest BCUT2D eigenvalue weighted by Crippen LogP contribution is -2.37. The molecule has 0 saturated heterocycles. The maximum Gasteiger partial charge on any atom is 0.414 e. The summed E-state index contributed by atoms with van der Waals surface area (Å²) in [4.78, 5) is 20.8. The Labute approximate surface area is 98.5 Å². The maximum atomic E-state index is 11.1. The first kappa shape index (κ1) is 14.7. The van der Waals surface area contributed by atoms with Crippen LogP contribution in [-0.4, -0.2) is 31.2 Å². The SMILES string of the molecule is CN(C)C(=O)Oc1ccc[n+](C)c1.O=C([O-])[O-]. The lowest BCUT2D eigenvalue weighted by atomic mass is 10.4. The maximum absolute atomic E-state index is 11.1. The van der Waals surface area contributed by atoms with Crippen molar-refractivity contribution in [3.63, 3.8) is 0 Å². The van der Waals surface area contributed by atoms with Gasteiger partial charge in [0.2, 0.25) is 6.20 Å². The standard InChI is InChI=1S/C9H13N2O2.CH2O3/c1-10(2)9(12)13-8-5-4-6-11(3)7-8;2-1(3)4/h4-7H,1-3H3;(H2,2,3,4)/q+1;/p-2. The Morgan fingerprint density at radius 2 is 1.88 bits per heavy atom. The second-order valence-electron chi connectivity index (χ2n) is 3.22. The Hall–Kier alpha value is -2.31. The van der Waals surface area contributed by atoms with Crippen LogP contribution in [0.5, 0.6) is 5.75 Å². The monoisotopic (exact) mass is 241 g/mol. The summed E-state index contributed by atoms with van der Waals surface area (Å²) >= 11 is 0. The second kappa shape index (κ2) is 7.04. The van der Waals surface area contributed by atoms with E-state index in [1.165, 1.54) is 4.90 Å². The molecule has 0 saturated carbocycles. The van der Waals surface area contributed by atoms with E-state index in [4.69, 9.17) is 19.7 Å². The van der Waals surface area contributed by atoms with Crippen molar-refractivity contribution >= 4 is 12.2 Å². The molecular weight excluding hydrogens is 228 g/mol. The van der Waals surface area contributed by atoms with Crippen LogP contribution in [0.1, 0.15) is 0 Å². The molecule has 0 atom stereocenters. The number of aromatic nitrogens is 1. The van der Waals surface area contributed by atoms with Gasteiger partial charge < -0.3 is 24.6 Å². The molecule has 1 aromatic rings. The van der Waals surface area contributed by atoms with E-state index < -0.39 is 6.16 Å². The van der Waals surface area contributed by atoms with Crippen LogP contribution in [0.25, 0.3) is 0 Å². The number of hydrogen-bond acceptors (Lipinski definition) is 5. The van der Waals surface area contributed by atoms with Gasteiger partial charge in [-0.1, -0.05) is 0 Å². The molecule has 1 heterocycles. The quantitative estimate of drug-likeness (QED) is 0.536. The van der Waals surface area contributed by atoms with E-state index >= 15 is 0 Å². The van der Waals surface area contributed by atoms with Crippen LogP contribution in [0.15, 0.2) is 24.5 Å². The topological polar surface area (TPSA) is 96.6 Å². The zero-order valence-corrected chi connectivity index (χ0v) is 9.75. The molecule has 0 radical (unpaired) electrons. The molecule has 0 spiro atoms. The Balaban J connectivity index is 0.000000557. The number of carboxylic acid groups (broad SMARTS) is 2. The fourth-order valence-corrected chi connectivity index (χ4v) is 0.813. The largest absolute Gasteiger partial charge is 0.652 e. The lowest BCUT2D eigenvalue weighted by Gasteiger charge is -2.09. The summed E-state index contributed by atoms with van der Waals surface area (Å²) in [7, 11) is 5.16. The number of carbonyl (C=O) groups is 2. The van der Waals surface area contributed by atoms with Crippen molar-refractivity contribution < 1.29 is 29.1 Å². The van der Waals surface area contributed by atoms with E-state index in [9.17, 15) is 4.79 Å². The Kier molecular flexibility index (Phi) is 6.09. The van der Waals surface area contributed by atoms with Crippen LogP contribution in [0.2, 0.25) is 0 Å². The molecule has 1 amide bonds. The summed E-state index contributed by atoms with van der Waals surface area (Å²) in [6.07, 6.45) is 0.903. The summed E-state index contributed by atoms with van der Waals surface area (Å²) in [5.74, 6) is 0.545. The number of pyridine rings is 1. The average Bonchev–Trinajstić information content (AvgIpc) is 2.16. The Bertz CT molecular complexity index is 388. The molecule has 7 heteroatoms. The predicted molar refractivity (Wildman–Crippen MR) is 52.7 cm³/mol. The van der Waals surface area contributed by atoms with Crippen LogP contribution in [0, 0.1) is 0 Å². The molecule has 0 N–H and O–H groups in total. The summed E-state index contributed by atoms with van der Waals surface area (Å²) in [5, 5.41) is 16.7. The van der Waals surface area contributed by atoms with Crippen LogP contribution in [0.4, 0.5) is 9.59 Å². The summed E-state index contributed by atoms with van der Waals surface area (Å²) in [6, 6.07) is 3.56. The van der Waals surface area contributed by atoms with Crippen LogP contribution in [0.3, 0.4) is 0 Å². The smallest absolute Gasteiger partial charge is 0.414 e. The molecule has 0 unspecified atom stereocenters.